The van der Waals surface area contributed by atoms with Gasteiger partial charge in [0.25, 0.3) is 0 Å². The van der Waals surface area contributed by atoms with Gasteiger partial charge in [-0.1, -0.05) is 30.3 Å². The lowest BCUT2D eigenvalue weighted by Crippen LogP contribution is -2.29. The molecule has 0 spiro atoms. The van der Waals surface area contributed by atoms with Gasteiger partial charge in [0.05, 0.1) is 12.5 Å². The molecule has 104 valence electrons. The Balaban J connectivity index is 2.37. The molecule has 0 saturated heterocycles. The average Bonchev–Trinajstić information content (AvgIpc) is 2.79. The Bertz CT molecular complexity index is 616. The highest BCUT2D eigenvalue weighted by Crippen LogP contribution is 2.23. The van der Waals surface area contributed by atoms with Gasteiger partial charge in [-0.05, 0) is 30.5 Å². The first kappa shape index (κ1) is 13.9. The van der Waals surface area contributed by atoms with Gasteiger partial charge in [-0.2, -0.15) is 0 Å². The second-order valence-electron chi connectivity index (χ2n) is 4.41. The topological polar surface area (TPSA) is 85.2 Å². The predicted molar refractivity (Wildman–Crippen MR) is 68.2 cm³/mol. The smallest absolute Gasteiger partial charge is 0.0624 e. The van der Waals surface area contributed by atoms with E-state index in [1.165, 1.54) is 0 Å². The fourth-order valence-corrected chi connectivity index (χ4v) is 2.14. The van der Waals surface area contributed by atoms with Crippen molar-refractivity contribution in [1.29, 1.82) is 0 Å². The maximum atomic E-state index is 10.9. The van der Waals surface area contributed by atoms with Crippen molar-refractivity contribution in [3.8, 4) is 11.3 Å². The van der Waals surface area contributed by atoms with Gasteiger partial charge < -0.3 is 24.4 Å². The highest BCUT2D eigenvalue weighted by atomic mass is 16.4. The molecule has 5 heteroatoms. The number of benzene rings is 1. The van der Waals surface area contributed by atoms with Crippen molar-refractivity contribution >= 4 is 11.9 Å². The Morgan fingerprint density at radius 1 is 0.950 bits per heavy atom. The van der Waals surface area contributed by atoms with Gasteiger partial charge in [0.2, 0.25) is 0 Å². The number of aliphatic carboxylic acids is 2. The summed E-state index contributed by atoms with van der Waals surface area (Å²) >= 11 is 0. The van der Waals surface area contributed by atoms with Crippen LogP contribution in [0.1, 0.15) is 12.1 Å². The molecule has 0 saturated carbocycles. The summed E-state index contributed by atoms with van der Waals surface area (Å²) < 4.78 is 1.56. The van der Waals surface area contributed by atoms with E-state index in [2.05, 4.69) is 0 Å². The highest BCUT2D eigenvalue weighted by Gasteiger charge is 2.10. The molecule has 2 aromatic rings. The molecule has 0 aliphatic rings. The van der Waals surface area contributed by atoms with Crippen LogP contribution in [-0.2, 0) is 22.6 Å². The Labute approximate surface area is 116 Å². The first-order valence-corrected chi connectivity index (χ1v) is 6.21. The summed E-state index contributed by atoms with van der Waals surface area (Å²) in [6, 6.07) is 12.8. The zero-order valence-corrected chi connectivity index (χ0v) is 10.7. The summed E-state index contributed by atoms with van der Waals surface area (Å²) in [6.07, 6.45) is 0.0771. The van der Waals surface area contributed by atoms with Crippen molar-refractivity contribution < 1.29 is 19.8 Å². The number of hydrogen-bond donors (Lipinski definition) is 0. The van der Waals surface area contributed by atoms with Crippen molar-refractivity contribution in [2.75, 3.05) is 0 Å². The van der Waals surface area contributed by atoms with Crippen molar-refractivity contribution in [1.82, 2.24) is 4.57 Å². The number of rotatable bonds is 6. The zero-order chi connectivity index (χ0) is 14.5. The standard InChI is InChI=1S/C15H15NO4/c17-14(18)9-7-12-6-8-13(16(12)10-15(19)20)11-4-2-1-3-5-11/h1-6,8H,7,9-10H2,(H,17,18)(H,19,20)/p-2. The molecule has 0 unspecified atom stereocenters. The van der Waals surface area contributed by atoms with Gasteiger partial charge in [0, 0.05) is 17.4 Å². The Hall–Kier alpha value is -2.56. The minimum atomic E-state index is -1.21. The number of aryl methyl sites for hydroxylation is 1. The lowest BCUT2D eigenvalue weighted by atomic mass is 10.1. The summed E-state index contributed by atoms with van der Waals surface area (Å²) in [6.45, 7) is -0.306. The van der Waals surface area contributed by atoms with E-state index in [1.807, 2.05) is 30.3 Å². The molecule has 20 heavy (non-hydrogen) atoms. The number of carboxylic acids is 2. The summed E-state index contributed by atoms with van der Waals surface area (Å²) in [5.41, 5.74) is 2.23. The maximum absolute atomic E-state index is 10.9. The summed E-state index contributed by atoms with van der Waals surface area (Å²) in [5, 5.41) is 21.4. The van der Waals surface area contributed by atoms with E-state index in [-0.39, 0.29) is 19.4 Å². The van der Waals surface area contributed by atoms with Crippen LogP contribution in [0.5, 0.6) is 0 Å². The number of hydrogen-bond acceptors (Lipinski definition) is 4. The fraction of sp³-hybridized carbons (Fsp3) is 0.200. The van der Waals surface area contributed by atoms with Gasteiger partial charge in [-0.25, -0.2) is 0 Å². The molecule has 0 aliphatic heterocycles. The monoisotopic (exact) mass is 271 g/mol. The summed E-state index contributed by atoms with van der Waals surface area (Å²) in [5.74, 6) is -2.37. The van der Waals surface area contributed by atoms with Gasteiger partial charge in [0.1, 0.15) is 0 Å². The van der Waals surface area contributed by atoms with Gasteiger partial charge in [-0.3, -0.25) is 0 Å². The van der Waals surface area contributed by atoms with E-state index >= 15 is 0 Å². The fourth-order valence-electron chi connectivity index (χ4n) is 2.14. The third-order valence-electron chi connectivity index (χ3n) is 3.01. The maximum Gasteiger partial charge on any atom is 0.0624 e. The van der Waals surface area contributed by atoms with Gasteiger partial charge >= 0.3 is 0 Å². The van der Waals surface area contributed by atoms with Crippen LogP contribution in [0.25, 0.3) is 11.3 Å². The molecule has 0 amide bonds. The molecular formula is C15H13NO4-2. The van der Waals surface area contributed by atoms with Crippen LogP contribution in [0.15, 0.2) is 42.5 Å². The van der Waals surface area contributed by atoms with Crippen LogP contribution < -0.4 is 10.2 Å². The quantitative estimate of drug-likeness (QED) is 0.714. The lowest BCUT2D eigenvalue weighted by molar-refractivity contribution is -0.307. The Morgan fingerprint density at radius 2 is 1.65 bits per heavy atom. The van der Waals surface area contributed by atoms with Crippen molar-refractivity contribution in [3.63, 3.8) is 0 Å². The minimum absolute atomic E-state index is 0.148. The van der Waals surface area contributed by atoms with Gasteiger partial charge in [-0.15, -0.1) is 0 Å². The predicted octanol–water partition coefficient (Wildman–Crippen LogP) is -0.413. The van der Waals surface area contributed by atoms with Crippen LogP contribution in [0.2, 0.25) is 0 Å². The molecular weight excluding hydrogens is 258 g/mol. The molecule has 0 bridgehead atoms. The first-order chi connectivity index (χ1) is 9.58. The zero-order valence-electron chi connectivity index (χ0n) is 10.7. The third kappa shape index (κ3) is 3.26. The Kier molecular flexibility index (Phi) is 4.20. The van der Waals surface area contributed by atoms with E-state index in [4.69, 9.17) is 0 Å². The SMILES string of the molecule is O=C([O-])CCc1ccc(-c2ccccc2)n1CC(=O)[O-]. The second-order valence-corrected chi connectivity index (χ2v) is 4.41. The number of carbonyl (C=O) groups excluding carboxylic acids is 2. The number of carboxylic acid groups (broad SMARTS) is 2. The molecule has 1 aromatic heterocycles. The largest absolute Gasteiger partial charge is 0.550 e. The van der Waals surface area contributed by atoms with Crippen molar-refractivity contribution in [3.05, 3.63) is 48.2 Å². The van der Waals surface area contributed by atoms with E-state index in [9.17, 15) is 19.8 Å². The van der Waals surface area contributed by atoms with Crippen molar-refractivity contribution in [2.24, 2.45) is 0 Å². The van der Waals surface area contributed by atoms with Crippen LogP contribution in [-0.4, -0.2) is 16.5 Å². The number of aromatic nitrogens is 1. The first-order valence-electron chi connectivity index (χ1n) is 6.21. The number of nitrogens with zero attached hydrogens (tertiary/aromatic N) is 1. The Morgan fingerprint density at radius 3 is 2.25 bits per heavy atom. The minimum Gasteiger partial charge on any atom is -0.550 e. The van der Waals surface area contributed by atoms with Crippen LogP contribution in [0, 0.1) is 0 Å². The summed E-state index contributed by atoms with van der Waals surface area (Å²) in [7, 11) is 0. The van der Waals surface area contributed by atoms with E-state index in [0.717, 1.165) is 11.3 Å². The van der Waals surface area contributed by atoms with E-state index < -0.39 is 11.9 Å². The van der Waals surface area contributed by atoms with E-state index in [1.54, 1.807) is 16.7 Å². The van der Waals surface area contributed by atoms with Crippen LogP contribution in [0.3, 0.4) is 0 Å². The number of carbonyl (C=O) groups is 2. The molecule has 0 fully saturated rings. The van der Waals surface area contributed by atoms with Crippen LogP contribution in [0.4, 0.5) is 0 Å². The normalized spacial score (nSPS) is 10.4. The third-order valence-corrected chi connectivity index (χ3v) is 3.01. The highest BCUT2D eigenvalue weighted by molar-refractivity contribution is 5.68. The molecule has 0 N–H and O–H groups in total. The molecule has 0 aliphatic carbocycles. The molecule has 2 rings (SSSR count). The molecule has 5 nitrogen and oxygen atoms in total. The summed E-state index contributed by atoms with van der Waals surface area (Å²) in [4.78, 5) is 21.4. The lowest BCUT2D eigenvalue weighted by Gasteiger charge is -2.14. The molecule has 0 radical (unpaired) electrons. The second kappa shape index (κ2) is 6.06. The molecule has 1 heterocycles. The molecule has 0 atom stereocenters. The van der Waals surface area contributed by atoms with Gasteiger partial charge in [0.15, 0.2) is 0 Å². The van der Waals surface area contributed by atoms with Crippen molar-refractivity contribution in [2.45, 2.75) is 19.4 Å². The average molecular weight is 271 g/mol. The van der Waals surface area contributed by atoms with E-state index in [0.29, 0.717) is 5.69 Å². The van der Waals surface area contributed by atoms with Crippen LogP contribution >= 0.6 is 0 Å². The molecule has 1 aromatic carbocycles.